The maximum absolute atomic E-state index is 11.5. The summed E-state index contributed by atoms with van der Waals surface area (Å²) in [4.78, 5) is 14.1. The Hall–Kier alpha value is -0.610. The lowest BCUT2D eigenvalue weighted by Gasteiger charge is -2.38. The Kier molecular flexibility index (Phi) is 4.04. The third-order valence-corrected chi connectivity index (χ3v) is 5.89. The lowest BCUT2D eigenvalue weighted by atomic mass is 9.83. The van der Waals surface area contributed by atoms with Gasteiger partial charge in [0.25, 0.3) is 0 Å². The van der Waals surface area contributed by atoms with E-state index in [2.05, 4.69) is 24.1 Å². The van der Waals surface area contributed by atoms with Crippen LogP contribution in [0.1, 0.15) is 46.0 Å². The van der Waals surface area contributed by atoms with Crippen molar-refractivity contribution >= 4 is 5.97 Å². The predicted molar refractivity (Wildman–Crippen MR) is 78.6 cm³/mol. The molecule has 0 radical (unpaired) electrons. The molecule has 1 aliphatic heterocycles. The molecule has 0 amide bonds. The molecule has 114 valence electrons. The molecule has 4 unspecified atom stereocenters. The molecule has 4 nitrogen and oxygen atoms in total. The fourth-order valence-electron chi connectivity index (χ4n) is 4.74. The molecule has 2 bridgehead atoms. The molecule has 3 fully saturated rings. The number of carboxylic acid groups (broad SMARTS) is 1. The van der Waals surface area contributed by atoms with Gasteiger partial charge in [-0.25, -0.2) is 0 Å². The van der Waals surface area contributed by atoms with Crippen molar-refractivity contribution in [3.05, 3.63) is 0 Å². The number of hydrogen-bond donors (Lipinski definition) is 2. The van der Waals surface area contributed by atoms with Gasteiger partial charge in [-0.05, 0) is 70.9 Å². The topological polar surface area (TPSA) is 52.6 Å². The summed E-state index contributed by atoms with van der Waals surface area (Å²) >= 11 is 0. The lowest BCUT2D eigenvalue weighted by Crippen LogP contribution is -2.52. The van der Waals surface area contributed by atoms with Crippen molar-refractivity contribution in [2.24, 2.45) is 17.8 Å². The molecule has 3 aliphatic rings. The summed E-state index contributed by atoms with van der Waals surface area (Å²) in [5, 5.41) is 13.2. The van der Waals surface area contributed by atoms with E-state index in [4.69, 9.17) is 0 Å². The molecule has 20 heavy (non-hydrogen) atoms. The van der Waals surface area contributed by atoms with Gasteiger partial charge in [-0.3, -0.25) is 4.79 Å². The van der Waals surface area contributed by atoms with Crippen molar-refractivity contribution in [1.29, 1.82) is 0 Å². The van der Waals surface area contributed by atoms with Gasteiger partial charge in [0, 0.05) is 18.1 Å². The molecule has 0 aromatic heterocycles. The van der Waals surface area contributed by atoms with Crippen LogP contribution in [0.2, 0.25) is 0 Å². The second-order valence-electron chi connectivity index (χ2n) is 7.29. The van der Waals surface area contributed by atoms with Gasteiger partial charge >= 0.3 is 5.97 Å². The minimum atomic E-state index is -0.575. The molecule has 4 heteroatoms. The number of rotatable bonds is 4. The van der Waals surface area contributed by atoms with Gasteiger partial charge in [-0.1, -0.05) is 0 Å². The molecular formula is C16H28N2O2. The normalized spacial score (nSPS) is 38.8. The second-order valence-corrected chi connectivity index (χ2v) is 7.29. The molecule has 4 atom stereocenters. The number of aliphatic carboxylic acids is 1. The van der Waals surface area contributed by atoms with Crippen molar-refractivity contribution in [2.75, 3.05) is 13.1 Å². The lowest BCUT2D eigenvalue weighted by molar-refractivity contribution is -0.144. The Balaban J connectivity index is 1.57. The van der Waals surface area contributed by atoms with E-state index < -0.39 is 5.97 Å². The average molecular weight is 280 g/mol. The predicted octanol–water partition coefficient (Wildman–Crippen LogP) is 1.95. The van der Waals surface area contributed by atoms with Crippen LogP contribution >= 0.6 is 0 Å². The molecule has 3 rings (SSSR count). The number of carboxylic acids is 1. The average Bonchev–Trinajstić information content (AvgIpc) is 3.00. The van der Waals surface area contributed by atoms with E-state index in [1.54, 1.807) is 0 Å². The third-order valence-electron chi connectivity index (χ3n) is 5.89. The SMILES string of the molecule is CC(C)N1CCC(NC2C3CCC(C3)C2C(=O)O)CC1. The smallest absolute Gasteiger partial charge is 0.308 e. The minimum Gasteiger partial charge on any atom is -0.481 e. The van der Waals surface area contributed by atoms with Gasteiger partial charge in [0.05, 0.1) is 5.92 Å². The molecule has 1 saturated heterocycles. The van der Waals surface area contributed by atoms with Crippen LogP contribution in [0.3, 0.4) is 0 Å². The van der Waals surface area contributed by atoms with Crippen molar-refractivity contribution < 1.29 is 9.90 Å². The first-order valence-electron chi connectivity index (χ1n) is 8.29. The highest BCUT2D eigenvalue weighted by Crippen LogP contribution is 2.48. The van der Waals surface area contributed by atoms with Crippen LogP contribution in [0.4, 0.5) is 0 Å². The first-order chi connectivity index (χ1) is 9.56. The van der Waals surface area contributed by atoms with E-state index in [-0.39, 0.29) is 12.0 Å². The first kappa shape index (κ1) is 14.3. The summed E-state index contributed by atoms with van der Waals surface area (Å²) in [7, 11) is 0. The first-order valence-corrected chi connectivity index (χ1v) is 8.29. The quantitative estimate of drug-likeness (QED) is 0.826. The van der Waals surface area contributed by atoms with Crippen LogP contribution < -0.4 is 5.32 Å². The van der Waals surface area contributed by atoms with Gasteiger partial charge in [-0.2, -0.15) is 0 Å². The van der Waals surface area contributed by atoms with Gasteiger partial charge in [0.2, 0.25) is 0 Å². The molecular weight excluding hydrogens is 252 g/mol. The molecule has 0 aromatic rings. The molecule has 2 aliphatic carbocycles. The van der Waals surface area contributed by atoms with Crippen molar-refractivity contribution in [3.63, 3.8) is 0 Å². The molecule has 0 aromatic carbocycles. The molecule has 2 saturated carbocycles. The summed E-state index contributed by atoms with van der Waals surface area (Å²) in [6.45, 7) is 6.80. The second kappa shape index (κ2) is 5.64. The number of piperidine rings is 1. The summed E-state index contributed by atoms with van der Waals surface area (Å²) in [5.74, 6) is 0.348. The highest BCUT2D eigenvalue weighted by molar-refractivity contribution is 5.72. The summed E-state index contributed by atoms with van der Waals surface area (Å²) in [6, 6.07) is 1.39. The maximum atomic E-state index is 11.5. The van der Waals surface area contributed by atoms with Crippen molar-refractivity contribution in [1.82, 2.24) is 10.2 Å². The monoisotopic (exact) mass is 280 g/mol. The fourth-order valence-corrected chi connectivity index (χ4v) is 4.74. The van der Waals surface area contributed by atoms with E-state index in [9.17, 15) is 9.90 Å². The zero-order valence-electron chi connectivity index (χ0n) is 12.7. The number of carbonyl (C=O) groups is 1. The van der Waals surface area contributed by atoms with Gasteiger partial charge in [-0.15, -0.1) is 0 Å². The van der Waals surface area contributed by atoms with Crippen LogP contribution in [0.5, 0.6) is 0 Å². The molecule has 0 spiro atoms. The van der Waals surface area contributed by atoms with Crippen molar-refractivity contribution in [3.8, 4) is 0 Å². The highest BCUT2D eigenvalue weighted by atomic mass is 16.4. The number of hydrogen-bond acceptors (Lipinski definition) is 3. The van der Waals surface area contributed by atoms with Crippen LogP contribution in [0, 0.1) is 17.8 Å². The van der Waals surface area contributed by atoms with Gasteiger partial charge in [0.15, 0.2) is 0 Å². The number of fused-ring (bicyclic) bond motifs is 2. The summed E-state index contributed by atoms with van der Waals surface area (Å²) < 4.78 is 0. The standard InChI is InChI=1S/C16H28N2O2/c1-10(2)18-7-5-13(6-8-18)17-15-12-4-3-11(9-12)14(15)16(19)20/h10-15,17H,3-9H2,1-2H3,(H,19,20). The molecule has 1 heterocycles. The zero-order chi connectivity index (χ0) is 14.3. The maximum Gasteiger partial charge on any atom is 0.308 e. The van der Waals surface area contributed by atoms with Crippen LogP contribution in [0.15, 0.2) is 0 Å². The zero-order valence-corrected chi connectivity index (χ0v) is 12.7. The Morgan fingerprint density at radius 3 is 2.40 bits per heavy atom. The number of nitrogens with one attached hydrogen (secondary N) is 1. The van der Waals surface area contributed by atoms with E-state index in [1.165, 1.54) is 19.3 Å². The summed E-state index contributed by atoms with van der Waals surface area (Å²) in [5.41, 5.74) is 0. The Morgan fingerprint density at radius 1 is 1.15 bits per heavy atom. The fraction of sp³-hybridized carbons (Fsp3) is 0.938. The Labute approximate surface area is 121 Å². The minimum absolute atomic E-state index is 0.128. The van der Waals surface area contributed by atoms with E-state index in [1.807, 2.05) is 0 Å². The van der Waals surface area contributed by atoms with E-state index >= 15 is 0 Å². The van der Waals surface area contributed by atoms with Gasteiger partial charge in [0.1, 0.15) is 0 Å². The molecule has 2 N–H and O–H groups in total. The Morgan fingerprint density at radius 2 is 1.80 bits per heavy atom. The Bertz CT molecular complexity index is 363. The number of nitrogens with zero attached hydrogens (tertiary/aromatic N) is 1. The summed E-state index contributed by atoms with van der Waals surface area (Å²) in [6.07, 6.45) is 5.83. The van der Waals surface area contributed by atoms with Crippen molar-refractivity contribution in [2.45, 2.75) is 64.1 Å². The van der Waals surface area contributed by atoms with E-state index in [0.29, 0.717) is 23.9 Å². The van der Waals surface area contributed by atoms with Crippen LogP contribution in [0.25, 0.3) is 0 Å². The highest BCUT2D eigenvalue weighted by Gasteiger charge is 2.51. The van der Waals surface area contributed by atoms with Crippen LogP contribution in [-0.4, -0.2) is 47.2 Å². The third kappa shape index (κ3) is 2.60. The van der Waals surface area contributed by atoms with E-state index in [0.717, 1.165) is 25.9 Å². The van der Waals surface area contributed by atoms with Crippen LogP contribution in [-0.2, 0) is 4.79 Å². The number of likely N-dealkylation sites (tertiary alicyclic amines) is 1. The van der Waals surface area contributed by atoms with Gasteiger partial charge < -0.3 is 15.3 Å². The largest absolute Gasteiger partial charge is 0.481 e.